The summed E-state index contributed by atoms with van der Waals surface area (Å²) in [5, 5.41) is 3.30. The van der Waals surface area contributed by atoms with Crippen molar-refractivity contribution >= 4 is 11.9 Å². The van der Waals surface area contributed by atoms with Crippen molar-refractivity contribution in [3.05, 3.63) is 71.3 Å². The normalized spacial score (nSPS) is 11.1. The molecule has 23 heavy (non-hydrogen) atoms. The molecule has 0 bridgehead atoms. The van der Waals surface area contributed by atoms with Crippen LogP contribution in [0.4, 0.5) is 0 Å². The van der Waals surface area contributed by atoms with Gasteiger partial charge in [-0.15, -0.1) is 0 Å². The van der Waals surface area contributed by atoms with Crippen molar-refractivity contribution in [1.82, 2.24) is 10.2 Å². The maximum Gasteiger partial charge on any atom is 0.248 e. The highest BCUT2D eigenvalue weighted by Crippen LogP contribution is 2.06. The number of benzene rings is 2. The Labute approximate surface area is 136 Å². The van der Waals surface area contributed by atoms with Crippen LogP contribution >= 0.6 is 0 Å². The molecular formula is C18H22N4O. The average Bonchev–Trinajstić information content (AvgIpc) is 2.56. The van der Waals surface area contributed by atoms with Gasteiger partial charge in [-0.25, -0.2) is 0 Å². The van der Waals surface area contributed by atoms with E-state index in [0.29, 0.717) is 12.1 Å². The summed E-state index contributed by atoms with van der Waals surface area (Å²) in [6.45, 7) is 1.34. The van der Waals surface area contributed by atoms with Gasteiger partial charge in [0, 0.05) is 32.7 Å². The second-order valence-electron chi connectivity index (χ2n) is 5.31. The van der Waals surface area contributed by atoms with Gasteiger partial charge in [0.2, 0.25) is 5.91 Å². The fourth-order valence-electron chi connectivity index (χ4n) is 2.33. The smallest absolute Gasteiger partial charge is 0.248 e. The number of primary amides is 1. The van der Waals surface area contributed by atoms with Crippen molar-refractivity contribution in [2.75, 3.05) is 14.1 Å². The number of hydrogen-bond acceptors (Lipinski definition) is 2. The number of hydrogen-bond donors (Lipinski definition) is 2. The van der Waals surface area contributed by atoms with E-state index in [2.05, 4.69) is 22.4 Å². The van der Waals surface area contributed by atoms with Crippen LogP contribution in [0.3, 0.4) is 0 Å². The molecule has 5 heteroatoms. The van der Waals surface area contributed by atoms with Crippen molar-refractivity contribution in [2.24, 2.45) is 10.7 Å². The number of aliphatic imine (C=N–C) groups is 1. The summed E-state index contributed by atoms with van der Waals surface area (Å²) in [5.74, 6) is 0.371. The molecule has 0 aromatic heterocycles. The highest BCUT2D eigenvalue weighted by molar-refractivity contribution is 5.92. The van der Waals surface area contributed by atoms with Gasteiger partial charge >= 0.3 is 0 Å². The van der Waals surface area contributed by atoms with Crippen molar-refractivity contribution in [3.63, 3.8) is 0 Å². The summed E-state index contributed by atoms with van der Waals surface area (Å²) >= 11 is 0. The molecule has 0 aliphatic heterocycles. The van der Waals surface area contributed by atoms with Gasteiger partial charge in [-0.2, -0.15) is 0 Å². The van der Waals surface area contributed by atoms with Crippen LogP contribution in [0.5, 0.6) is 0 Å². The van der Waals surface area contributed by atoms with Crippen molar-refractivity contribution in [2.45, 2.75) is 13.1 Å². The zero-order valence-corrected chi connectivity index (χ0v) is 13.5. The van der Waals surface area contributed by atoms with Crippen LogP contribution < -0.4 is 11.1 Å². The predicted octanol–water partition coefficient (Wildman–Crippen LogP) is 1.99. The number of nitrogens with two attached hydrogens (primary N) is 1. The minimum atomic E-state index is -0.419. The molecule has 0 atom stereocenters. The topological polar surface area (TPSA) is 70.7 Å². The van der Waals surface area contributed by atoms with Gasteiger partial charge in [0.15, 0.2) is 5.96 Å². The molecule has 0 aliphatic carbocycles. The van der Waals surface area contributed by atoms with Gasteiger partial charge in [-0.3, -0.25) is 9.79 Å². The number of carbonyl (C=O) groups is 1. The van der Waals surface area contributed by atoms with E-state index in [9.17, 15) is 4.79 Å². The molecule has 0 saturated carbocycles. The molecule has 0 fully saturated rings. The molecule has 0 radical (unpaired) electrons. The van der Waals surface area contributed by atoms with Crippen LogP contribution in [0.25, 0.3) is 0 Å². The summed E-state index contributed by atoms with van der Waals surface area (Å²) in [4.78, 5) is 17.6. The second-order valence-corrected chi connectivity index (χ2v) is 5.31. The van der Waals surface area contributed by atoms with Gasteiger partial charge in [-0.05, 0) is 23.3 Å². The minimum absolute atomic E-state index is 0.419. The minimum Gasteiger partial charge on any atom is -0.366 e. The van der Waals surface area contributed by atoms with E-state index in [1.54, 1.807) is 19.2 Å². The molecule has 2 aromatic rings. The zero-order chi connectivity index (χ0) is 16.7. The Bertz CT molecular complexity index is 682. The molecular weight excluding hydrogens is 288 g/mol. The number of carbonyl (C=O) groups excluding carboxylic acids is 1. The standard InChI is InChI=1S/C18H22N4O/c1-20-18(22(2)13-14-7-4-3-5-8-14)21-12-15-9-6-10-16(11-15)17(19)23/h3-11H,12-13H2,1-2H3,(H2,19,23)(H,20,21). The molecule has 2 aromatic carbocycles. The van der Waals surface area contributed by atoms with E-state index in [0.717, 1.165) is 18.1 Å². The average molecular weight is 310 g/mol. The van der Waals surface area contributed by atoms with E-state index in [1.807, 2.05) is 42.3 Å². The van der Waals surface area contributed by atoms with Crippen LogP contribution in [-0.4, -0.2) is 30.9 Å². The van der Waals surface area contributed by atoms with E-state index in [4.69, 9.17) is 5.73 Å². The molecule has 0 saturated heterocycles. The molecule has 2 rings (SSSR count). The summed E-state index contributed by atoms with van der Waals surface area (Å²) in [7, 11) is 3.74. The summed E-state index contributed by atoms with van der Waals surface area (Å²) < 4.78 is 0. The molecule has 120 valence electrons. The highest BCUT2D eigenvalue weighted by atomic mass is 16.1. The first-order chi connectivity index (χ1) is 11.1. The monoisotopic (exact) mass is 310 g/mol. The van der Waals surface area contributed by atoms with E-state index < -0.39 is 5.91 Å². The Balaban J connectivity index is 1.97. The van der Waals surface area contributed by atoms with Gasteiger partial charge in [0.05, 0.1) is 0 Å². The fourth-order valence-corrected chi connectivity index (χ4v) is 2.33. The number of guanidine groups is 1. The Morgan fingerprint density at radius 3 is 2.48 bits per heavy atom. The molecule has 0 heterocycles. The third-order valence-electron chi connectivity index (χ3n) is 3.50. The van der Waals surface area contributed by atoms with Crippen LogP contribution in [0, 0.1) is 0 Å². The Morgan fingerprint density at radius 2 is 1.83 bits per heavy atom. The summed E-state index contributed by atoms with van der Waals surface area (Å²) in [5.41, 5.74) is 8.02. The molecule has 5 nitrogen and oxygen atoms in total. The van der Waals surface area contributed by atoms with E-state index in [1.165, 1.54) is 5.56 Å². The van der Waals surface area contributed by atoms with Gasteiger partial charge in [0.25, 0.3) is 0 Å². The van der Waals surface area contributed by atoms with Crippen molar-refractivity contribution in [1.29, 1.82) is 0 Å². The quantitative estimate of drug-likeness (QED) is 0.655. The van der Waals surface area contributed by atoms with Crippen molar-refractivity contribution in [3.8, 4) is 0 Å². The van der Waals surface area contributed by atoms with Crippen LogP contribution in [0.1, 0.15) is 21.5 Å². The van der Waals surface area contributed by atoms with Gasteiger partial charge in [-0.1, -0.05) is 42.5 Å². The Kier molecular flexibility index (Phi) is 5.74. The zero-order valence-electron chi connectivity index (χ0n) is 13.5. The first-order valence-corrected chi connectivity index (χ1v) is 7.44. The Hall–Kier alpha value is -2.82. The summed E-state index contributed by atoms with van der Waals surface area (Å²) in [6.07, 6.45) is 0. The number of nitrogens with zero attached hydrogens (tertiary/aromatic N) is 2. The lowest BCUT2D eigenvalue weighted by molar-refractivity contribution is 0.1000. The maximum absolute atomic E-state index is 11.2. The molecule has 0 aliphatic rings. The van der Waals surface area contributed by atoms with Crippen LogP contribution in [0.2, 0.25) is 0 Å². The third kappa shape index (κ3) is 4.85. The van der Waals surface area contributed by atoms with Crippen LogP contribution in [0.15, 0.2) is 59.6 Å². The maximum atomic E-state index is 11.2. The highest BCUT2D eigenvalue weighted by Gasteiger charge is 2.07. The van der Waals surface area contributed by atoms with Crippen LogP contribution in [-0.2, 0) is 13.1 Å². The fraction of sp³-hybridized carbons (Fsp3) is 0.222. The lowest BCUT2D eigenvalue weighted by Gasteiger charge is -2.22. The second kappa shape index (κ2) is 7.98. The number of nitrogens with one attached hydrogen (secondary N) is 1. The molecule has 3 N–H and O–H groups in total. The third-order valence-corrected chi connectivity index (χ3v) is 3.50. The van der Waals surface area contributed by atoms with E-state index in [-0.39, 0.29) is 0 Å². The first kappa shape index (κ1) is 16.5. The van der Waals surface area contributed by atoms with Gasteiger partial charge in [0.1, 0.15) is 0 Å². The summed E-state index contributed by atoms with van der Waals surface area (Å²) in [6, 6.07) is 17.5. The van der Waals surface area contributed by atoms with Crippen molar-refractivity contribution < 1.29 is 4.79 Å². The predicted molar refractivity (Wildman–Crippen MR) is 93.1 cm³/mol. The molecule has 0 unspecified atom stereocenters. The van der Waals surface area contributed by atoms with Gasteiger partial charge < -0.3 is 16.0 Å². The Morgan fingerprint density at radius 1 is 1.13 bits per heavy atom. The lowest BCUT2D eigenvalue weighted by atomic mass is 10.1. The molecule has 1 amide bonds. The largest absolute Gasteiger partial charge is 0.366 e. The number of rotatable bonds is 5. The number of amides is 1. The first-order valence-electron chi connectivity index (χ1n) is 7.44. The SMILES string of the molecule is CN=C(NCc1cccc(C(N)=O)c1)N(C)Cc1ccccc1. The lowest BCUT2D eigenvalue weighted by Crippen LogP contribution is -2.38. The molecule has 0 spiro atoms. The van der Waals surface area contributed by atoms with E-state index >= 15 is 0 Å².